The van der Waals surface area contributed by atoms with Gasteiger partial charge in [0.25, 0.3) is 0 Å². The molecule has 4 aromatic rings. The zero-order valence-electron chi connectivity index (χ0n) is 17.2. The summed E-state index contributed by atoms with van der Waals surface area (Å²) in [6.45, 7) is 0. The summed E-state index contributed by atoms with van der Waals surface area (Å²) in [5, 5.41) is 50.2. The lowest BCUT2D eigenvalue weighted by atomic mass is 10.1. The maximum atomic E-state index is 5.62. The van der Waals surface area contributed by atoms with E-state index < -0.39 is 0 Å². The van der Waals surface area contributed by atoms with Crippen LogP contribution >= 0.6 is 0 Å². The van der Waals surface area contributed by atoms with E-state index in [1.807, 2.05) is 0 Å². The van der Waals surface area contributed by atoms with Gasteiger partial charge in [0.05, 0.1) is 24.0 Å². The normalized spacial score (nSPS) is 7.25. The van der Waals surface area contributed by atoms with Gasteiger partial charge in [-0.15, -0.1) is 0 Å². The molecule has 0 radical (unpaired) electrons. The van der Waals surface area contributed by atoms with Crippen LogP contribution in [0.25, 0.3) is 21.5 Å². The molecule has 0 unspecified atom stereocenters. The van der Waals surface area contributed by atoms with Crippen molar-refractivity contribution < 1.29 is 0 Å². The molecule has 8 heteroatoms. The van der Waals surface area contributed by atoms with Crippen molar-refractivity contribution in [2.24, 2.45) is 0 Å². The van der Waals surface area contributed by atoms with Crippen molar-refractivity contribution in [1.82, 2.24) is 0 Å². The van der Waals surface area contributed by atoms with Crippen molar-refractivity contribution in [3.8, 4) is 0 Å². The van der Waals surface area contributed by atoms with Crippen molar-refractivity contribution in [2.45, 2.75) is 0 Å². The van der Waals surface area contributed by atoms with Gasteiger partial charge in [-0.1, -0.05) is 97.1 Å². The molecule has 8 nitrogen and oxygen atoms in total. The van der Waals surface area contributed by atoms with Crippen LogP contribution in [0.4, 0.5) is 0 Å². The third-order valence-electron chi connectivity index (χ3n) is 3.32. The Hall–Kier alpha value is -5.08. The molecule has 0 aliphatic heterocycles. The first-order chi connectivity index (χ1) is 15.6. The minimum absolute atomic E-state index is 1.25. The summed E-state index contributed by atoms with van der Waals surface area (Å²) < 4.78 is 0. The first-order valence-corrected chi connectivity index (χ1v) is 8.81. The molecule has 0 spiro atoms. The molecular formula is C24H24N8. The van der Waals surface area contributed by atoms with Gasteiger partial charge in [0, 0.05) is 0 Å². The highest BCUT2D eigenvalue weighted by Crippen LogP contribution is 2.11. The predicted molar refractivity (Wildman–Crippen MR) is 130 cm³/mol. The number of benzene rings is 4. The summed E-state index contributed by atoms with van der Waals surface area (Å²) >= 11 is 0. The minimum Gasteiger partial charge on any atom is -0.242 e. The third-order valence-corrected chi connectivity index (χ3v) is 3.32. The topological polar surface area (TPSA) is 191 Å². The fourth-order valence-electron chi connectivity index (χ4n) is 2.27. The standard InChI is InChI=1S/2C10H8.4CH2N2/c2*1-2-6-10-8-4-3-7-9(10)5-1;4*2-1-3/h2*1-8H;4*2-3H. The average molecular weight is 425 g/mol. The zero-order valence-corrected chi connectivity index (χ0v) is 17.2. The molecule has 0 saturated carbocycles. The van der Waals surface area contributed by atoms with Crippen molar-refractivity contribution in [2.75, 3.05) is 0 Å². The Balaban J connectivity index is 0. The Kier molecular flexibility index (Phi) is 20.2. The second-order valence-corrected chi connectivity index (χ2v) is 5.19. The van der Waals surface area contributed by atoms with Gasteiger partial charge in [-0.2, -0.15) is 0 Å². The van der Waals surface area contributed by atoms with Crippen LogP contribution < -0.4 is 0 Å². The van der Waals surface area contributed by atoms with Crippen LogP contribution in [0.15, 0.2) is 97.1 Å². The molecule has 0 aliphatic rings. The summed E-state index contributed by atoms with van der Waals surface area (Å²) in [5.41, 5.74) is 0. The smallest absolute Gasteiger partial charge is 0.0831 e. The van der Waals surface area contributed by atoms with Crippen molar-refractivity contribution >= 4 is 45.6 Å². The lowest BCUT2D eigenvalue weighted by Crippen LogP contribution is -1.67. The molecule has 0 fully saturated rings. The van der Waals surface area contributed by atoms with Gasteiger partial charge in [-0.25, -0.2) is 43.3 Å². The number of hydrogen-bond donors (Lipinski definition) is 8. The summed E-state index contributed by atoms with van der Waals surface area (Å²) in [6.07, 6.45) is 0. The Morgan fingerprint density at radius 3 is 0.469 bits per heavy atom. The maximum absolute atomic E-state index is 5.62. The van der Waals surface area contributed by atoms with Crippen LogP contribution in [0.5, 0.6) is 0 Å². The molecule has 32 heavy (non-hydrogen) atoms. The molecule has 0 saturated heterocycles. The quantitative estimate of drug-likeness (QED) is 0.136. The van der Waals surface area contributed by atoms with Gasteiger partial charge in [0.15, 0.2) is 0 Å². The molecule has 0 aromatic heterocycles. The molecule has 4 aromatic carbocycles. The SMILES string of the molecule is N=C=N.N=C=N.N=C=N.N=C=N.c1ccc2ccccc2c1.c1ccc2ccccc2c1. The summed E-state index contributed by atoms with van der Waals surface area (Å²) in [5.74, 6) is 0. The zero-order chi connectivity index (χ0) is 24.5. The van der Waals surface area contributed by atoms with Crippen LogP contribution in [0.3, 0.4) is 0 Å². The van der Waals surface area contributed by atoms with E-state index in [0.717, 1.165) is 0 Å². The highest BCUT2D eigenvalue weighted by atomic mass is 14.4. The fourth-order valence-corrected chi connectivity index (χ4v) is 2.27. The predicted octanol–water partition coefficient (Wildman–Crippen LogP) is 6.95. The Bertz CT molecular complexity index is 926. The molecular weight excluding hydrogens is 400 g/mol. The van der Waals surface area contributed by atoms with Gasteiger partial charge in [0.2, 0.25) is 0 Å². The van der Waals surface area contributed by atoms with Crippen LogP contribution in [0, 0.1) is 43.3 Å². The fraction of sp³-hybridized carbons (Fsp3) is 0. The largest absolute Gasteiger partial charge is 0.242 e. The Morgan fingerprint density at radius 1 is 0.281 bits per heavy atom. The molecule has 0 amide bonds. The van der Waals surface area contributed by atoms with Crippen LogP contribution in [0.2, 0.25) is 0 Å². The Labute approximate surface area is 186 Å². The van der Waals surface area contributed by atoms with Gasteiger partial charge in [-0.3, -0.25) is 0 Å². The van der Waals surface area contributed by atoms with E-state index in [9.17, 15) is 0 Å². The summed E-state index contributed by atoms with van der Waals surface area (Å²) in [4.78, 5) is 0. The van der Waals surface area contributed by atoms with Crippen molar-refractivity contribution in [3.63, 3.8) is 0 Å². The van der Waals surface area contributed by atoms with Gasteiger partial charge < -0.3 is 0 Å². The number of rotatable bonds is 0. The third kappa shape index (κ3) is 14.9. The molecule has 0 heterocycles. The summed E-state index contributed by atoms with van der Waals surface area (Å²) in [7, 11) is 0. The van der Waals surface area contributed by atoms with Gasteiger partial charge >= 0.3 is 0 Å². The monoisotopic (exact) mass is 424 g/mol. The van der Waals surface area contributed by atoms with Crippen molar-refractivity contribution in [3.05, 3.63) is 97.1 Å². The first kappa shape index (κ1) is 29.1. The molecule has 8 N–H and O–H groups in total. The number of nitrogens with one attached hydrogen (secondary N) is 8. The lowest BCUT2D eigenvalue weighted by molar-refractivity contribution is 1.47. The van der Waals surface area contributed by atoms with E-state index in [0.29, 0.717) is 0 Å². The molecule has 0 aliphatic carbocycles. The second-order valence-electron chi connectivity index (χ2n) is 5.19. The summed E-state index contributed by atoms with van der Waals surface area (Å²) in [6, 6.07) is 38.4. The lowest BCUT2D eigenvalue weighted by Gasteiger charge is -1.92. The highest BCUT2D eigenvalue weighted by molar-refractivity contribution is 5.82. The van der Waals surface area contributed by atoms with E-state index in [-0.39, 0.29) is 0 Å². The maximum Gasteiger partial charge on any atom is 0.0831 e. The van der Waals surface area contributed by atoms with E-state index in [2.05, 4.69) is 97.1 Å². The first-order valence-electron chi connectivity index (χ1n) is 8.81. The molecule has 160 valence electrons. The molecule has 0 atom stereocenters. The van der Waals surface area contributed by atoms with E-state index in [1.165, 1.54) is 45.6 Å². The van der Waals surface area contributed by atoms with E-state index in [1.54, 1.807) is 0 Å². The highest BCUT2D eigenvalue weighted by Gasteiger charge is 1.86. The van der Waals surface area contributed by atoms with Gasteiger partial charge in [-0.05, 0) is 21.5 Å². The van der Waals surface area contributed by atoms with Crippen LogP contribution in [-0.4, -0.2) is 24.0 Å². The second kappa shape index (κ2) is 22.2. The van der Waals surface area contributed by atoms with E-state index >= 15 is 0 Å². The van der Waals surface area contributed by atoms with E-state index in [4.69, 9.17) is 43.3 Å². The Morgan fingerprint density at radius 2 is 0.375 bits per heavy atom. The number of hydrogen-bond acceptors (Lipinski definition) is 8. The van der Waals surface area contributed by atoms with Crippen LogP contribution in [0.1, 0.15) is 0 Å². The number of fused-ring (bicyclic) bond motifs is 2. The minimum atomic E-state index is 1.25. The van der Waals surface area contributed by atoms with Crippen molar-refractivity contribution in [1.29, 1.82) is 43.3 Å². The average Bonchev–Trinajstić information content (AvgIpc) is 2.82. The van der Waals surface area contributed by atoms with Gasteiger partial charge in [0.1, 0.15) is 0 Å². The molecule has 0 bridgehead atoms. The van der Waals surface area contributed by atoms with Crippen LogP contribution in [-0.2, 0) is 0 Å². The molecule has 4 rings (SSSR count).